The maximum absolute atomic E-state index is 13.5. The molecule has 0 radical (unpaired) electrons. The first-order chi connectivity index (χ1) is 12.8. The van der Waals surface area contributed by atoms with Crippen LogP contribution in [-0.2, 0) is 0 Å². The lowest BCUT2D eigenvalue weighted by Gasteiger charge is -2.07. The number of aromatic amines is 1. The van der Waals surface area contributed by atoms with E-state index in [1.165, 1.54) is 18.5 Å². The number of anilines is 2. The molecule has 0 unspecified atom stereocenters. The third-order valence-electron chi connectivity index (χ3n) is 4.10. The van der Waals surface area contributed by atoms with Gasteiger partial charge in [0.05, 0.1) is 34.6 Å². The third-order valence-corrected chi connectivity index (χ3v) is 4.10. The van der Waals surface area contributed by atoms with Crippen molar-refractivity contribution >= 4 is 33.6 Å². The summed E-state index contributed by atoms with van der Waals surface area (Å²) in [5, 5.41) is 8.36. The van der Waals surface area contributed by atoms with Gasteiger partial charge in [-0.05, 0) is 36.4 Å². The van der Waals surface area contributed by atoms with E-state index in [0.717, 1.165) is 22.1 Å². The van der Waals surface area contributed by atoms with Gasteiger partial charge in [0, 0.05) is 5.69 Å². The van der Waals surface area contributed by atoms with E-state index in [1.807, 2.05) is 18.2 Å². The van der Waals surface area contributed by atoms with Crippen LogP contribution in [0, 0.1) is 5.82 Å². The van der Waals surface area contributed by atoms with Crippen molar-refractivity contribution in [3.8, 4) is 5.69 Å². The predicted molar refractivity (Wildman–Crippen MR) is 96.0 cm³/mol. The van der Waals surface area contributed by atoms with E-state index in [1.54, 1.807) is 29.3 Å². The first-order valence-electron chi connectivity index (χ1n) is 7.93. The number of fused-ring (bicyclic) bond motifs is 2. The first-order valence-corrected chi connectivity index (χ1v) is 7.93. The van der Waals surface area contributed by atoms with Crippen LogP contribution in [0.5, 0.6) is 0 Å². The Morgan fingerprint density at radius 1 is 1.04 bits per heavy atom. The van der Waals surface area contributed by atoms with Crippen molar-refractivity contribution in [2.45, 2.75) is 0 Å². The zero-order valence-electron chi connectivity index (χ0n) is 13.4. The minimum absolute atomic E-state index is 0.327. The van der Waals surface area contributed by atoms with Crippen LogP contribution in [0.3, 0.4) is 0 Å². The molecule has 8 heteroatoms. The number of hydrogen-bond acceptors (Lipinski definition) is 5. The van der Waals surface area contributed by atoms with Gasteiger partial charge >= 0.3 is 0 Å². The summed E-state index contributed by atoms with van der Waals surface area (Å²) in [7, 11) is 0. The third kappa shape index (κ3) is 2.35. The number of hydrogen-bond donors (Lipinski definition) is 2. The fourth-order valence-corrected chi connectivity index (χ4v) is 2.89. The molecule has 2 aromatic carbocycles. The summed E-state index contributed by atoms with van der Waals surface area (Å²) in [6.07, 6.45) is 4.77. The lowest BCUT2D eigenvalue weighted by molar-refractivity contribution is 0.625. The number of nitrogens with zero attached hydrogens (tertiary/aromatic N) is 5. The molecule has 26 heavy (non-hydrogen) atoms. The van der Waals surface area contributed by atoms with Gasteiger partial charge < -0.3 is 10.3 Å². The molecule has 3 aromatic heterocycles. The van der Waals surface area contributed by atoms with E-state index in [4.69, 9.17) is 0 Å². The largest absolute Gasteiger partial charge is 0.345 e. The SMILES string of the molecule is Fc1cccc(-n2ncc3c(Nc4ccc5nc[nH]c5c4)ncnc32)c1. The van der Waals surface area contributed by atoms with E-state index in [0.29, 0.717) is 17.2 Å². The minimum atomic E-state index is -0.327. The van der Waals surface area contributed by atoms with Crippen LogP contribution in [0.4, 0.5) is 15.9 Å². The maximum Gasteiger partial charge on any atom is 0.168 e. The summed E-state index contributed by atoms with van der Waals surface area (Å²) in [5.74, 6) is 0.294. The molecule has 7 nitrogen and oxygen atoms in total. The molecule has 5 aromatic rings. The fraction of sp³-hybridized carbons (Fsp3) is 0. The second-order valence-electron chi connectivity index (χ2n) is 5.76. The zero-order valence-corrected chi connectivity index (χ0v) is 13.4. The summed E-state index contributed by atoms with van der Waals surface area (Å²) in [6.45, 7) is 0. The quantitative estimate of drug-likeness (QED) is 0.522. The van der Waals surface area contributed by atoms with Gasteiger partial charge in [0.1, 0.15) is 18.0 Å². The van der Waals surface area contributed by atoms with Crippen molar-refractivity contribution in [2.24, 2.45) is 0 Å². The molecule has 3 heterocycles. The molecule has 0 aliphatic heterocycles. The van der Waals surface area contributed by atoms with Crippen LogP contribution in [0.25, 0.3) is 27.8 Å². The maximum atomic E-state index is 13.5. The normalized spacial score (nSPS) is 11.3. The molecule has 126 valence electrons. The van der Waals surface area contributed by atoms with E-state index >= 15 is 0 Å². The predicted octanol–water partition coefficient (Wildman–Crippen LogP) is 3.57. The summed E-state index contributed by atoms with van der Waals surface area (Å²) in [5.41, 5.74) is 3.87. The van der Waals surface area contributed by atoms with E-state index in [-0.39, 0.29) is 5.82 Å². The fourth-order valence-electron chi connectivity index (χ4n) is 2.89. The highest BCUT2D eigenvalue weighted by molar-refractivity contribution is 5.90. The topological polar surface area (TPSA) is 84.3 Å². The monoisotopic (exact) mass is 345 g/mol. The Morgan fingerprint density at radius 3 is 2.92 bits per heavy atom. The molecule has 0 aliphatic carbocycles. The number of halogens is 1. The molecule has 2 N–H and O–H groups in total. The number of benzene rings is 2. The van der Waals surface area contributed by atoms with Crippen molar-refractivity contribution in [1.29, 1.82) is 0 Å². The summed E-state index contributed by atoms with van der Waals surface area (Å²) in [4.78, 5) is 15.9. The summed E-state index contributed by atoms with van der Waals surface area (Å²) >= 11 is 0. The first kappa shape index (κ1) is 14.5. The highest BCUT2D eigenvalue weighted by Gasteiger charge is 2.12. The van der Waals surface area contributed by atoms with Gasteiger partial charge in [-0.1, -0.05) is 6.07 Å². The number of imidazole rings is 1. The smallest absolute Gasteiger partial charge is 0.168 e. The Kier molecular flexibility index (Phi) is 3.14. The second-order valence-corrected chi connectivity index (χ2v) is 5.76. The van der Waals surface area contributed by atoms with Gasteiger partial charge in [-0.15, -0.1) is 0 Å². The molecular weight excluding hydrogens is 333 g/mol. The average molecular weight is 345 g/mol. The Bertz CT molecular complexity index is 1240. The molecular formula is C18H12FN7. The Labute approximate surface area is 146 Å². The van der Waals surface area contributed by atoms with Crippen LogP contribution in [0.1, 0.15) is 0 Å². The van der Waals surface area contributed by atoms with Crippen LogP contribution in [0.15, 0.2) is 61.3 Å². The number of aromatic nitrogens is 6. The standard InChI is InChI=1S/C18H12FN7/c19-11-2-1-3-13(6-11)26-18-14(8-24-26)17(22-10-23-18)25-12-4-5-15-16(7-12)21-9-20-15/h1-10H,(H,20,21)(H,22,23,25). The van der Waals surface area contributed by atoms with Crippen molar-refractivity contribution in [3.63, 3.8) is 0 Å². The van der Waals surface area contributed by atoms with E-state index in [9.17, 15) is 4.39 Å². The molecule has 0 atom stereocenters. The molecule has 0 saturated heterocycles. The Balaban J connectivity index is 1.58. The van der Waals surface area contributed by atoms with Crippen LogP contribution >= 0.6 is 0 Å². The summed E-state index contributed by atoms with van der Waals surface area (Å²) in [6, 6.07) is 12.0. The van der Waals surface area contributed by atoms with E-state index < -0.39 is 0 Å². The highest BCUT2D eigenvalue weighted by atomic mass is 19.1. The molecule has 0 saturated carbocycles. The van der Waals surface area contributed by atoms with Gasteiger partial charge in [0.15, 0.2) is 5.65 Å². The molecule has 0 spiro atoms. The van der Waals surface area contributed by atoms with Gasteiger partial charge in [-0.3, -0.25) is 0 Å². The Morgan fingerprint density at radius 2 is 2.00 bits per heavy atom. The molecule has 5 rings (SSSR count). The van der Waals surface area contributed by atoms with Crippen LogP contribution in [-0.4, -0.2) is 29.7 Å². The number of rotatable bonds is 3. The second kappa shape index (κ2) is 5.62. The lowest BCUT2D eigenvalue weighted by Crippen LogP contribution is -2.00. The van der Waals surface area contributed by atoms with Crippen molar-refractivity contribution in [1.82, 2.24) is 29.7 Å². The minimum Gasteiger partial charge on any atom is -0.345 e. The number of H-pyrrole nitrogens is 1. The van der Waals surface area contributed by atoms with Gasteiger partial charge in [-0.25, -0.2) is 24.0 Å². The van der Waals surface area contributed by atoms with Gasteiger partial charge in [0.2, 0.25) is 0 Å². The van der Waals surface area contributed by atoms with Crippen molar-refractivity contribution < 1.29 is 4.39 Å². The average Bonchev–Trinajstić information content (AvgIpc) is 3.28. The number of nitrogens with one attached hydrogen (secondary N) is 2. The molecule has 0 fully saturated rings. The molecule has 0 bridgehead atoms. The van der Waals surface area contributed by atoms with Gasteiger partial charge in [0.25, 0.3) is 0 Å². The van der Waals surface area contributed by atoms with Gasteiger partial charge in [-0.2, -0.15) is 5.10 Å². The van der Waals surface area contributed by atoms with Crippen LogP contribution in [0.2, 0.25) is 0 Å². The summed E-state index contributed by atoms with van der Waals surface area (Å²) < 4.78 is 15.1. The molecule has 0 aliphatic rings. The van der Waals surface area contributed by atoms with Crippen molar-refractivity contribution in [2.75, 3.05) is 5.32 Å². The van der Waals surface area contributed by atoms with Crippen LogP contribution < -0.4 is 5.32 Å². The van der Waals surface area contributed by atoms with Crippen molar-refractivity contribution in [3.05, 3.63) is 67.1 Å². The molecule has 0 amide bonds. The lowest BCUT2D eigenvalue weighted by atomic mass is 10.2. The Hall–Kier alpha value is -3.81. The zero-order chi connectivity index (χ0) is 17.5. The van der Waals surface area contributed by atoms with E-state index in [2.05, 4.69) is 30.4 Å². The highest BCUT2D eigenvalue weighted by Crippen LogP contribution is 2.25.